The van der Waals surface area contributed by atoms with Gasteiger partial charge in [-0.2, -0.15) is 0 Å². The summed E-state index contributed by atoms with van der Waals surface area (Å²) in [6.07, 6.45) is 4.28. The maximum Gasteiger partial charge on any atom is 0.335 e. The number of nitrogens with zero attached hydrogens (tertiary/aromatic N) is 5. The highest BCUT2D eigenvalue weighted by atomic mass is 16.7. The first-order valence-electron chi connectivity index (χ1n) is 6.56. The summed E-state index contributed by atoms with van der Waals surface area (Å²) in [5.41, 5.74) is 0.847. The number of hydrogen-bond donors (Lipinski definition) is 0. The molecule has 3 heterocycles. The Morgan fingerprint density at radius 3 is 2.77 bits per heavy atom. The predicted octanol–water partition coefficient (Wildman–Crippen LogP) is -0.513. The number of pyridine rings is 1. The van der Waals surface area contributed by atoms with Crippen molar-refractivity contribution < 1.29 is 19.2 Å². The minimum absolute atomic E-state index is 0.0330. The van der Waals surface area contributed by atoms with Gasteiger partial charge < -0.3 is 4.84 Å². The van der Waals surface area contributed by atoms with Crippen LogP contribution < -0.4 is 4.84 Å². The second-order valence-electron chi connectivity index (χ2n) is 4.54. The maximum absolute atomic E-state index is 11.7. The van der Waals surface area contributed by atoms with Crippen LogP contribution in [-0.2, 0) is 14.4 Å². The molecule has 3 rings (SSSR count). The van der Waals surface area contributed by atoms with Crippen LogP contribution in [0.2, 0.25) is 0 Å². The van der Waals surface area contributed by atoms with E-state index < -0.39 is 5.97 Å². The molecule has 0 aliphatic carbocycles. The highest BCUT2D eigenvalue weighted by Crippen LogP contribution is 2.07. The second kappa shape index (κ2) is 5.72. The zero-order valence-electron chi connectivity index (χ0n) is 11.4. The van der Waals surface area contributed by atoms with Crippen LogP contribution in [0, 0.1) is 0 Å². The third kappa shape index (κ3) is 2.68. The van der Waals surface area contributed by atoms with E-state index in [0.717, 1.165) is 9.75 Å². The third-order valence-corrected chi connectivity index (χ3v) is 3.03. The SMILES string of the molecule is O=C(CCCN1C(=O)C=CC1=O)On1nnc2cccnc21. The number of carbonyl (C=O) groups excluding carboxylic acids is 3. The molecule has 0 saturated carbocycles. The lowest BCUT2D eigenvalue weighted by molar-refractivity contribution is -0.146. The molecule has 0 saturated heterocycles. The van der Waals surface area contributed by atoms with Gasteiger partial charge in [-0.1, -0.05) is 0 Å². The zero-order valence-corrected chi connectivity index (χ0v) is 11.4. The van der Waals surface area contributed by atoms with Crippen molar-refractivity contribution in [3.8, 4) is 0 Å². The summed E-state index contributed by atoms with van der Waals surface area (Å²) in [6, 6.07) is 3.39. The smallest absolute Gasteiger partial charge is 0.316 e. The molecule has 2 amide bonds. The molecular weight excluding hydrogens is 290 g/mol. The van der Waals surface area contributed by atoms with Gasteiger partial charge in [-0.15, -0.1) is 5.10 Å². The van der Waals surface area contributed by atoms with Crippen LogP contribution in [-0.4, -0.2) is 49.4 Å². The summed E-state index contributed by atoms with van der Waals surface area (Å²) in [6.45, 7) is 0.163. The second-order valence-corrected chi connectivity index (χ2v) is 4.54. The number of aromatic nitrogens is 4. The van der Waals surface area contributed by atoms with Crippen LogP contribution >= 0.6 is 0 Å². The molecule has 9 heteroatoms. The van der Waals surface area contributed by atoms with Crippen LogP contribution in [0.1, 0.15) is 12.8 Å². The summed E-state index contributed by atoms with van der Waals surface area (Å²) >= 11 is 0. The molecule has 0 bridgehead atoms. The minimum atomic E-state index is -0.551. The molecule has 0 fully saturated rings. The van der Waals surface area contributed by atoms with Gasteiger partial charge in [0, 0.05) is 31.3 Å². The largest absolute Gasteiger partial charge is 0.335 e. The highest BCUT2D eigenvalue weighted by Gasteiger charge is 2.23. The average molecular weight is 301 g/mol. The van der Waals surface area contributed by atoms with Gasteiger partial charge >= 0.3 is 5.97 Å². The molecule has 22 heavy (non-hydrogen) atoms. The van der Waals surface area contributed by atoms with E-state index in [4.69, 9.17) is 4.84 Å². The fourth-order valence-electron chi connectivity index (χ4n) is 1.98. The van der Waals surface area contributed by atoms with Crippen molar-refractivity contribution >= 4 is 28.9 Å². The van der Waals surface area contributed by atoms with Gasteiger partial charge in [0.1, 0.15) is 5.52 Å². The number of carbonyl (C=O) groups is 3. The normalized spacial score (nSPS) is 14.1. The molecule has 0 aromatic carbocycles. The van der Waals surface area contributed by atoms with Crippen molar-refractivity contribution in [2.75, 3.05) is 6.54 Å². The minimum Gasteiger partial charge on any atom is -0.316 e. The van der Waals surface area contributed by atoms with Crippen molar-refractivity contribution in [3.05, 3.63) is 30.5 Å². The molecule has 0 N–H and O–H groups in total. The standard InChI is InChI=1S/C13H11N5O4/c19-10-5-6-11(20)17(10)8-2-4-12(21)22-18-13-9(15-16-18)3-1-7-14-13/h1,3,5-7H,2,4,8H2. The summed E-state index contributed by atoms with van der Waals surface area (Å²) in [4.78, 5) is 45.5. The Morgan fingerprint density at radius 2 is 2.00 bits per heavy atom. The van der Waals surface area contributed by atoms with Crippen molar-refractivity contribution in [1.82, 2.24) is 25.0 Å². The molecule has 2 aromatic rings. The van der Waals surface area contributed by atoms with Crippen LogP contribution in [0.25, 0.3) is 11.2 Å². The molecule has 112 valence electrons. The van der Waals surface area contributed by atoms with Crippen molar-refractivity contribution in [2.45, 2.75) is 12.8 Å². The molecule has 0 radical (unpaired) electrons. The van der Waals surface area contributed by atoms with E-state index in [2.05, 4.69) is 15.3 Å². The third-order valence-electron chi connectivity index (χ3n) is 3.03. The van der Waals surface area contributed by atoms with Crippen molar-refractivity contribution in [2.24, 2.45) is 0 Å². The molecule has 0 spiro atoms. The quantitative estimate of drug-likeness (QED) is 0.540. The Hall–Kier alpha value is -3.10. The molecular formula is C13H11N5O4. The first-order chi connectivity index (χ1) is 10.6. The van der Waals surface area contributed by atoms with Crippen molar-refractivity contribution in [1.29, 1.82) is 0 Å². The molecule has 9 nitrogen and oxygen atoms in total. The van der Waals surface area contributed by atoms with E-state index >= 15 is 0 Å². The summed E-state index contributed by atoms with van der Waals surface area (Å²) in [5, 5.41) is 7.48. The van der Waals surface area contributed by atoms with Crippen LogP contribution in [0.5, 0.6) is 0 Å². The molecule has 1 aliphatic heterocycles. The van der Waals surface area contributed by atoms with Gasteiger partial charge in [-0.25, -0.2) is 9.78 Å². The van der Waals surface area contributed by atoms with Gasteiger partial charge in [0.2, 0.25) is 5.65 Å². The number of hydrogen-bond acceptors (Lipinski definition) is 7. The summed E-state index contributed by atoms with van der Waals surface area (Å²) in [5.74, 6) is -1.29. The van der Waals surface area contributed by atoms with Gasteiger partial charge in [0.15, 0.2) is 0 Å². The van der Waals surface area contributed by atoms with E-state index in [9.17, 15) is 14.4 Å². The molecule has 1 aliphatic rings. The van der Waals surface area contributed by atoms with Gasteiger partial charge in [-0.3, -0.25) is 14.5 Å². The van der Waals surface area contributed by atoms with Crippen LogP contribution in [0.4, 0.5) is 0 Å². The lowest BCUT2D eigenvalue weighted by atomic mass is 10.3. The number of rotatable bonds is 5. The van der Waals surface area contributed by atoms with E-state index in [1.165, 1.54) is 18.3 Å². The highest BCUT2D eigenvalue weighted by molar-refractivity contribution is 6.12. The fraction of sp³-hybridized carbons (Fsp3) is 0.231. The zero-order chi connectivity index (χ0) is 15.5. The van der Waals surface area contributed by atoms with E-state index in [1.54, 1.807) is 12.1 Å². The Morgan fingerprint density at radius 1 is 1.23 bits per heavy atom. The van der Waals surface area contributed by atoms with Crippen molar-refractivity contribution in [3.63, 3.8) is 0 Å². The summed E-state index contributed by atoms with van der Waals surface area (Å²) in [7, 11) is 0. The monoisotopic (exact) mass is 301 g/mol. The van der Waals surface area contributed by atoms with E-state index in [0.29, 0.717) is 17.6 Å². The lowest BCUT2D eigenvalue weighted by Crippen LogP contribution is -2.31. The fourth-order valence-corrected chi connectivity index (χ4v) is 1.98. The first kappa shape index (κ1) is 13.9. The Kier molecular flexibility index (Phi) is 3.60. The maximum atomic E-state index is 11.7. The van der Waals surface area contributed by atoms with Gasteiger partial charge in [0.25, 0.3) is 11.8 Å². The molecule has 0 atom stereocenters. The van der Waals surface area contributed by atoms with Crippen LogP contribution in [0.15, 0.2) is 30.5 Å². The lowest BCUT2D eigenvalue weighted by Gasteiger charge is -2.12. The first-order valence-corrected chi connectivity index (χ1v) is 6.56. The predicted molar refractivity (Wildman–Crippen MR) is 72.0 cm³/mol. The summed E-state index contributed by atoms with van der Waals surface area (Å²) < 4.78 is 0. The van der Waals surface area contributed by atoms with E-state index in [1.807, 2.05) is 0 Å². The van der Waals surface area contributed by atoms with Crippen LogP contribution in [0.3, 0.4) is 0 Å². The van der Waals surface area contributed by atoms with E-state index in [-0.39, 0.29) is 24.8 Å². The van der Waals surface area contributed by atoms with Gasteiger partial charge in [-0.05, 0) is 28.6 Å². The topological polar surface area (TPSA) is 107 Å². The number of amides is 2. The molecule has 2 aromatic heterocycles. The Labute approximate surface area is 124 Å². The Balaban J connectivity index is 1.53. The number of fused-ring (bicyclic) bond motifs is 1. The molecule has 0 unspecified atom stereocenters. The van der Waals surface area contributed by atoms with Gasteiger partial charge in [0.05, 0.1) is 0 Å². The average Bonchev–Trinajstić information content (AvgIpc) is 3.05. The number of imide groups is 1. The Bertz CT molecular complexity index is 764.